The summed E-state index contributed by atoms with van der Waals surface area (Å²) < 4.78 is 5.17. The molecule has 0 saturated heterocycles. The summed E-state index contributed by atoms with van der Waals surface area (Å²) in [4.78, 5) is 28.8. The number of aryl methyl sites for hydroxylation is 1. The number of aromatic amines is 1. The van der Waals surface area contributed by atoms with Crippen molar-refractivity contribution in [1.82, 2.24) is 25.8 Å². The van der Waals surface area contributed by atoms with E-state index in [0.717, 1.165) is 5.56 Å². The van der Waals surface area contributed by atoms with Crippen LogP contribution in [0.1, 0.15) is 25.8 Å². The van der Waals surface area contributed by atoms with E-state index in [1.165, 1.54) is 17.3 Å². The number of thioether (sulfide) groups is 1. The Bertz CT molecular complexity index is 891. The molecule has 8 nitrogen and oxygen atoms in total. The van der Waals surface area contributed by atoms with E-state index < -0.39 is 5.97 Å². The molecule has 9 heteroatoms. The van der Waals surface area contributed by atoms with Crippen molar-refractivity contribution in [1.29, 1.82) is 0 Å². The highest BCUT2D eigenvalue weighted by molar-refractivity contribution is 7.99. The van der Waals surface area contributed by atoms with Gasteiger partial charge in [0.25, 0.3) is 0 Å². The molecule has 2 amide bonds. The maximum Gasteiger partial charge on any atom is 0.337 e. The maximum absolute atomic E-state index is 12.4. The predicted molar refractivity (Wildman–Crippen MR) is 107 cm³/mol. The predicted octanol–water partition coefficient (Wildman–Crippen LogP) is 2.78. The average Bonchev–Trinajstić information content (AvgIpc) is 3.15. The third-order valence-electron chi connectivity index (χ3n) is 4.28. The lowest BCUT2D eigenvalue weighted by atomic mass is 10.0. The molecule has 0 unspecified atom stereocenters. The van der Waals surface area contributed by atoms with Crippen molar-refractivity contribution in [3.8, 4) is 11.4 Å². The molecule has 1 aliphatic rings. The number of amides is 2. The molecule has 1 aromatic carbocycles. The fourth-order valence-electron chi connectivity index (χ4n) is 2.86. The molecule has 0 radical (unpaired) electrons. The highest BCUT2D eigenvalue weighted by Gasteiger charge is 2.31. The second-order valence-electron chi connectivity index (χ2n) is 6.29. The van der Waals surface area contributed by atoms with Crippen LogP contribution in [0, 0.1) is 6.92 Å². The Morgan fingerprint density at radius 2 is 2.00 bits per heavy atom. The van der Waals surface area contributed by atoms with Crippen LogP contribution in [0.25, 0.3) is 11.4 Å². The fourth-order valence-corrected chi connectivity index (χ4v) is 3.63. The van der Waals surface area contributed by atoms with Crippen molar-refractivity contribution in [2.24, 2.45) is 0 Å². The summed E-state index contributed by atoms with van der Waals surface area (Å²) in [7, 11) is 0. The first kappa shape index (κ1) is 19.9. The number of urea groups is 1. The quantitative estimate of drug-likeness (QED) is 0.486. The summed E-state index contributed by atoms with van der Waals surface area (Å²) >= 11 is 1.34. The van der Waals surface area contributed by atoms with Gasteiger partial charge in [0.2, 0.25) is 5.16 Å². The Morgan fingerprint density at radius 3 is 2.68 bits per heavy atom. The molecule has 0 aliphatic carbocycles. The van der Waals surface area contributed by atoms with E-state index in [4.69, 9.17) is 4.74 Å². The number of rotatable bonds is 7. The van der Waals surface area contributed by atoms with Crippen LogP contribution in [0.2, 0.25) is 0 Å². The summed E-state index contributed by atoms with van der Waals surface area (Å²) in [5.74, 6) is 0.596. The number of hydrogen-bond acceptors (Lipinski definition) is 6. The van der Waals surface area contributed by atoms with Crippen LogP contribution in [-0.4, -0.2) is 45.6 Å². The van der Waals surface area contributed by atoms with Crippen molar-refractivity contribution in [3.63, 3.8) is 0 Å². The summed E-state index contributed by atoms with van der Waals surface area (Å²) in [5, 5.41) is 13.2. The molecule has 0 bridgehead atoms. The highest BCUT2D eigenvalue weighted by atomic mass is 32.2. The van der Waals surface area contributed by atoms with Gasteiger partial charge < -0.3 is 15.4 Å². The largest absolute Gasteiger partial charge is 0.463 e. The van der Waals surface area contributed by atoms with Crippen molar-refractivity contribution in [2.45, 2.75) is 38.4 Å². The summed E-state index contributed by atoms with van der Waals surface area (Å²) in [6, 6.07) is 7.27. The van der Waals surface area contributed by atoms with Crippen LogP contribution in [0.3, 0.4) is 0 Å². The molecular formula is C19H23N5O3S. The number of ether oxygens (including phenoxy) is 1. The number of benzene rings is 1. The van der Waals surface area contributed by atoms with Gasteiger partial charge in [0.1, 0.15) is 0 Å². The summed E-state index contributed by atoms with van der Waals surface area (Å²) in [6.45, 7) is 5.96. The normalized spacial score (nSPS) is 16.5. The van der Waals surface area contributed by atoms with Crippen molar-refractivity contribution in [2.75, 3.05) is 12.4 Å². The van der Waals surface area contributed by atoms with Crippen LogP contribution in [-0.2, 0) is 9.53 Å². The van der Waals surface area contributed by atoms with Crippen LogP contribution in [0.4, 0.5) is 4.79 Å². The van der Waals surface area contributed by atoms with E-state index in [2.05, 4.69) is 25.8 Å². The highest BCUT2D eigenvalue weighted by Crippen LogP contribution is 2.24. The van der Waals surface area contributed by atoms with E-state index in [1.807, 2.05) is 38.1 Å². The van der Waals surface area contributed by atoms with Gasteiger partial charge in [0.05, 0.1) is 18.2 Å². The van der Waals surface area contributed by atoms with Gasteiger partial charge in [0.15, 0.2) is 5.82 Å². The van der Waals surface area contributed by atoms with Crippen molar-refractivity contribution in [3.05, 3.63) is 41.1 Å². The van der Waals surface area contributed by atoms with Gasteiger partial charge in [-0.3, -0.25) is 5.10 Å². The smallest absolute Gasteiger partial charge is 0.337 e. The molecule has 1 aliphatic heterocycles. The molecule has 0 fully saturated rings. The van der Waals surface area contributed by atoms with Gasteiger partial charge in [-0.1, -0.05) is 48.5 Å². The zero-order chi connectivity index (χ0) is 20.1. The topological polar surface area (TPSA) is 109 Å². The van der Waals surface area contributed by atoms with E-state index >= 15 is 0 Å². The summed E-state index contributed by atoms with van der Waals surface area (Å²) in [6.07, 6.45) is 0.591. The molecule has 2 aromatic rings. The van der Waals surface area contributed by atoms with E-state index in [-0.39, 0.29) is 18.7 Å². The lowest BCUT2D eigenvalue weighted by Gasteiger charge is -2.28. The molecule has 0 saturated carbocycles. The summed E-state index contributed by atoms with van der Waals surface area (Å²) in [5.41, 5.74) is 3.09. The molecular weight excluding hydrogens is 378 g/mol. The SMILES string of the molecule is CCOC(=O)C1=C(CSc2n[nH]c(-c3ccc(C)cc3)n2)NC(=O)N[C@@H]1CC. The number of hydrogen-bond donors (Lipinski definition) is 3. The monoisotopic (exact) mass is 401 g/mol. The lowest BCUT2D eigenvalue weighted by molar-refractivity contribution is -0.139. The third kappa shape index (κ3) is 4.53. The minimum Gasteiger partial charge on any atom is -0.463 e. The molecule has 1 atom stereocenters. The molecule has 2 heterocycles. The van der Waals surface area contributed by atoms with Gasteiger partial charge in [-0.2, -0.15) is 0 Å². The zero-order valence-electron chi connectivity index (χ0n) is 16.0. The minimum atomic E-state index is -0.423. The lowest BCUT2D eigenvalue weighted by Crippen LogP contribution is -2.50. The van der Waals surface area contributed by atoms with E-state index in [9.17, 15) is 9.59 Å². The standard InChI is InChI=1S/C19H23N5O3S/c1-4-13-15(17(25)27-5-2)14(21-18(26)20-13)10-28-19-22-16(23-24-19)12-8-6-11(3)7-9-12/h6-9,13H,4-5,10H2,1-3H3,(H2,20,21,26)(H,22,23,24)/t13-/m1/s1. The zero-order valence-corrected chi connectivity index (χ0v) is 16.9. The van der Waals surface area contributed by atoms with Crippen LogP contribution in [0.15, 0.2) is 40.7 Å². The Labute approximate surface area is 167 Å². The second kappa shape index (κ2) is 8.92. The molecule has 1 aromatic heterocycles. The van der Waals surface area contributed by atoms with E-state index in [1.54, 1.807) is 6.92 Å². The van der Waals surface area contributed by atoms with Crippen LogP contribution in [0.5, 0.6) is 0 Å². The fraction of sp³-hybridized carbons (Fsp3) is 0.368. The van der Waals surface area contributed by atoms with Crippen LogP contribution < -0.4 is 10.6 Å². The Morgan fingerprint density at radius 1 is 1.25 bits per heavy atom. The first-order chi connectivity index (χ1) is 13.5. The first-order valence-corrected chi connectivity index (χ1v) is 10.1. The maximum atomic E-state index is 12.4. The van der Waals surface area contributed by atoms with Gasteiger partial charge in [0, 0.05) is 17.0 Å². The molecule has 148 valence electrons. The number of H-pyrrole nitrogens is 1. The number of carbonyl (C=O) groups excluding carboxylic acids is 2. The molecule has 3 rings (SSSR count). The number of nitrogens with one attached hydrogen (secondary N) is 3. The van der Waals surface area contributed by atoms with Gasteiger partial charge in [-0.15, -0.1) is 5.10 Å². The number of esters is 1. The van der Waals surface area contributed by atoms with Gasteiger partial charge in [-0.25, -0.2) is 14.6 Å². The Kier molecular flexibility index (Phi) is 6.35. The van der Waals surface area contributed by atoms with E-state index in [0.29, 0.717) is 34.4 Å². The minimum absolute atomic E-state index is 0.272. The van der Waals surface area contributed by atoms with Crippen molar-refractivity contribution >= 4 is 23.8 Å². The van der Waals surface area contributed by atoms with Crippen LogP contribution >= 0.6 is 11.8 Å². The molecule has 0 spiro atoms. The molecule has 28 heavy (non-hydrogen) atoms. The Balaban J connectivity index is 1.78. The number of nitrogens with zero attached hydrogens (tertiary/aromatic N) is 2. The van der Waals surface area contributed by atoms with Crippen molar-refractivity contribution < 1.29 is 14.3 Å². The van der Waals surface area contributed by atoms with Gasteiger partial charge in [-0.05, 0) is 20.3 Å². The third-order valence-corrected chi connectivity index (χ3v) is 5.16. The first-order valence-electron chi connectivity index (χ1n) is 9.11. The number of carbonyl (C=O) groups is 2. The van der Waals surface area contributed by atoms with Gasteiger partial charge >= 0.3 is 12.0 Å². The average molecular weight is 401 g/mol. The molecule has 3 N–H and O–H groups in total. The second-order valence-corrected chi connectivity index (χ2v) is 7.24. The number of aromatic nitrogens is 3. The Hall–Kier alpha value is -2.81.